The summed E-state index contributed by atoms with van der Waals surface area (Å²) in [5, 5.41) is 27.2. The van der Waals surface area contributed by atoms with Crippen molar-refractivity contribution in [1.29, 1.82) is 5.26 Å². The second-order valence-corrected chi connectivity index (χ2v) is 2.94. The van der Waals surface area contributed by atoms with Gasteiger partial charge in [-0.15, -0.1) is 0 Å². The van der Waals surface area contributed by atoms with Crippen molar-refractivity contribution in [2.24, 2.45) is 0 Å². The number of hydrogen-bond donors (Lipinski definition) is 2. The Hall–Kier alpha value is -1.53. The molecule has 1 unspecified atom stereocenters. The minimum Gasteiger partial charge on any atom is -0.508 e. The molecule has 0 aromatic heterocycles. The number of nitriles is 1. The first-order chi connectivity index (χ1) is 6.15. The SMILES string of the molecule is Cc1ccc(O)c(C(O)CC#N)c1. The first-order valence-electron chi connectivity index (χ1n) is 3.99. The van der Waals surface area contributed by atoms with Crippen molar-refractivity contribution >= 4 is 0 Å². The smallest absolute Gasteiger partial charge is 0.121 e. The molecule has 1 rings (SSSR count). The number of nitrogens with zero attached hydrogens (tertiary/aromatic N) is 1. The largest absolute Gasteiger partial charge is 0.508 e. The zero-order chi connectivity index (χ0) is 9.84. The maximum atomic E-state index is 9.44. The van der Waals surface area contributed by atoms with Crippen LogP contribution in [0.3, 0.4) is 0 Å². The van der Waals surface area contributed by atoms with Gasteiger partial charge < -0.3 is 10.2 Å². The predicted octanol–water partition coefficient (Wildman–Crippen LogP) is 1.65. The van der Waals surface area contributed by atoms with E-state index in [0.717, 1.165) is 5.56 Å². The number of phenols is 1. The maximum Gasteiger partial charge on any atom is 0.121 e. The van der Waals surface area contributed by atoms with Gasteiger partial charge >= 0.3 is 0 Å². The van der Waals surface area contributed by atoms with Gasteiger partial charge in [0.05, 0.1) is 18.6 Å². The van der Waals surface area contributed by atoms with E-state index in [-0.39, 0.29) is 12.2 Å². The molecule has 3 heteroatoms. The fourth-order valence-corrected chi connectivity index (χ4v) is 1.14. The van der Waals surface area contributed by atoms with E-state index in [0.29, 0.717) is 5.56 Å². The lowest BCUT2D eigenvalue weighted by Crippen LogP contribution is -1.96. The highest BCUT2D eigenvalue weighted by molar-refractivity contribution is 5.37. The molecular formula is C10H11NO2. The molecule has 0 bridgehead atoms. The Morgan fingerprint density at radius 1 is 1.54 bits per heavy atom. The monoisotopic (exact) mass is 177 g/mol. The molecule has 0 radical (unpaired) electrons. The first kappa shape index (κ1) is 9.56. The molecule has 0 saturated carbocycles. The maximum absolute atomic E-state index is 9.44. The minimum absolute atomic E-state index is 0.00296. The lowest BCUT2D eigenvalue weighted by molar-refractivity contribution is 0.179. The van der Waals surface area contributed by atoms with Gasteiger partial charge in [-0.2, -0.15) is 5.26 Å². The average molecular weight is 177 g/mol. The summed E-state index contributed by atoms with van der Waals surface area (Å²) in [5.41, 5.74) is 1.37. The van der Waals surface area contributed by atoms with Crippen LogP contribution in [0, 0.1) is 18.3 Å². The van der Waals surface area contributed by atoms with Crippen LogP contribution in [0.25, 0.3) is 0 Å². The fraction of sp³-hybridized carbons (Fsp3) is 0.300. The Bertz CT molecular complexity index is 341. The number of benzene rings is 1. The van der Waals surface area contributed by atoms with Crippen molar-refractivity contribution in [3.05, 3.63) is 29.3 Å². The highest BCUT2D eigenvalue weighted by atomic mass is 16.3. The van der Waals surface area contributed by atoms with E-state index in [1.54, 1.807) is 12.1 Å². The second kappa shape index (κ2) is 3.92. The van der Waals surface area contributed by atoms with Gasteiger partial charge in [-0.1, -0.05) is 11.6 Å². The summed E-state index contributed by atoms with van der Waals surface area (Å²) in [6.07, 6.45) is -0.901. The van der Waals surface area contributed by atoms with E-state index < -0.39 is 6.10 Å². The highest BCUT2D eigenvalue weighted by Crippen LogP contribution is 2.26. The summed E-state index contributed by atoms with van der Waals surface area (Å²) < 4.78 is 0. The van der Waals surface area contributed by atoms with Crippen molar-refractivity contribution in [1.82, 2.24) is 0 Å². The Morgan fingerprint density at radius 3 is 2.85 bits per heavy atom. The van der Waals surface area contributed by atoms with Crippen LogP contribution in [-0.2, 0) is 0 Å². The number of aromatic hydroxyl groups is 1. The van der Waals surface area contributed by atoms with Gasteiger partial charge in [0.25, 0.3) is 0 Å². The molecule has 3 nitrogen and oxygen atoms in total. The quantitative estimate of drug-likeness (QED) is 0.721. The topological polar surface area (TPSA) is 64.2 Å². The van der Waals surface area contributed by atoms with Gasteiger partial charge in [0.15, 0.2) is 0 Å². The van der Waals surface area contributed by atoms with Crippen LogP contribution in [0.2, 0.25) is 0 Å². The summed E-state index contributed by atoms with van der Waals surface area (Å²) in [5.74, 6) is 0.0355. The molecule has 0 fully saturated rings. The second-order valence-electron chi connectivity index (χ2n) is 2.94. The molecule has 0 amide bonds. The average Bonchev–Trinajstić information content (AvgIpc) is 2.09. The van der Waals surface area contributed by atoms with Crippen LogP contribution in [-0.4, -0.2) is 10.2 Å². The number of aryl methyl sites for hydroxylation is 1. The third-order valence-corrected chi connectivity index (χ3v) is 1.83. The molecule has 0 heterocycles. The molecule has 0 spiro atoms. The molecule has 0 saturated heterocycles. The third kappa shape index (κ3) is 2.20. The zero-order valence-corrected chi connectivity index (χ0v) is 7.36. The van der Waals surface area contributed by atoms with Gasteiger partial charge in [-0.25, -0.2) is 0 Å². The van der Waals surface area contributed by atoms with E-state index in [1.807, 2.05) is 13.0 Å². The lowest BCUT2D eigenvalue weighted by atomic mass is 10.0. The van der Waals surface area contributed by atoms with Crippen LogP contribution in [0.1, 0.15) is 23.7 Å². The molecule has 1 atom stereocenters. The molecular weight excluding hydrogens is 166 g/mol. The van der Waals surface area contributed by atoms with Gasteiger partial charge in [-0.3, -0.25) is 0 Å². The van der Waals surface area contributed by atoms with E-state index >= 15 is 0 Å². The molecule has 0 aliphatic rings. The van der Waals surface area contributed by atoms with Crippen molar-refractivity contribution in [2.75, 3.05) is 0 Å². The lowest BCUT2D eigenvalue weighted by Gasteiger charge is -2.09. The van der Waals surface area contributed by atoms with Crippen LogP contribution < -0.4 is 0 Å². The van der Waals surface area contributed by atoms with E-state index in [2.05, 4.69) is 0 Å². The minimum atomic E-state index is -0.898. The van der Waals surface area contributed by atoms with E-state index in [9.17, 15) is 10.2 Å². The van der Waals surface area contributed by atoms with Crippen molar-refractivity contribution < 1.29 is 10.2 Å². The number of rotatable bonds is 2. The summed E-state index contributed by atoms with van der Waals surface area (Å²) in [6, 6.07) is 6.80. The summed E-state index contributed by atoms with van der Waals surface area (Å²) in [6.45, 7) is 1.86. The normalized spacial score (nSPS) is 12.1. The number of hydrogen-bond acceptors (Lipinski definition) is 3. The molecule has 2 N–H and O–H groups in total. The van der Waals surface area contributed by atoms with Gasteiger partial charge in [-0.05, 0) is 19.1 Å². The van der Waals surface area contributed by atoms with Crippen molar-refractivity contribution in [3.8, 4) is 11.8 Å². The molecule has 1 aromatic carbocycles. The van der Waals surface area contributed by atoms with Crippen LogP contribution in [0.4, 0.5) is 0 Å². The fourth-order valence-electron chi connectivity index (χ4n) is 1.14. The third-order valence-electron chi connectivity index (χ3n) is 1.83. The van der Waals surface area contributed by atoms with Crippen LogP contribution in [0.5, 0.6) is 5.75 Å². The summed E-state index contributed by atoms with van der Waals surface area (Å²) in [4.78, 5) is 0. The molecule has 0 aliphatic heterocycles. The Labute approximate surface area is 76.9 Å². The van der Waals surface area contributed by atoms with Crippen molar-refractivity contribution in [2.45, 2.75) is 19.4 Å². The highest BCUT2D eigenvalue weighted by Gasteiger charge is 2.11. The Kier molecular flexibility index (Phi) is 2.88. The first-order valence-corrected chi connectivity index (χ1v) is 3.99. The standard InChI is InChI=1S/C10H11NO2/c1-7-2-3-9(12)8(6-7)10(13)4-5-11/h2-3,6,10,12-13H,4H2,1H3. The predicted molar refractivity (Wildman–Crippen MR) is 48.0 cm³/mol. The number of aliphatic hydroxyl groups excluding tert-OH is 1. The van der Waals surface area contributed by atoms with Gasteiger partial charge in [0, 0.05) is 5.56 Å². The zero-order valence-electron chi connectivity index (χ0n) is 7.36. The van der Waals surface area contributed by atoms with Gasteiger partial charge in [0.1, 0.15) is 5.75 Å². The number of phenolic OH excluding ortho intramolecular Hbond substituents is 1. The molecule has 68 valence electrons. The van der Waals surface area contributed by atoms with Gasteiger partial charge in [0.2, 0.25) is 0 Å². The Morgan fingerprint density at radius 2 is 2.23 bits per heavy atom. The van der Waals surface area contributed by atoms with Crippen molar-refractivity contribution in [3.63, 3.8) is 0 Å². The summed E-state index contributed by atoms with van der Waals surface area (Å²) in [7, 11) is 0. The molecule has 1 aromatic rings. The van der Waals surface area contributed by atoms with Crippen LogP contribution >= 0.6 is 0 Å². The summed E-state index contributed by atoms with van der Waals surface area (Å²) >= 11 is 0. The van der Waals surface area contributed by atoms with Crippen LogP contribution in [0.15, 0.2) is 18.2 Å². The number of aliphatic hydroxyl groups is 1. The molecule has 13 heavy (non-hydrogen) atoms. The van der Waals surface area contributed by atoms with E-state index in [4.69, 9.17) is 5.26 Å². The molecule has 0 aliphatic carbocycles. The van der Waals surface area contributed by atoms with E-state index in [1.165, 1.54) is 6.07 Å². The Balaban J connectivity index is 3.00.